The first-order valence-electron chi connectivity index (χ1n) is 9.98. The fraction of sp³-hybridized carbons (Fsp3) is 0.857. The molecule has 0 aliphatic carbocycles. The molecule has 0 spiro atoms. The van der Waals surface area contributed by atoms with E-state index in [2.05, 4.69) is 19.1 Å². The molecule has 0 heterocycles. The van der Waals surface area contributed by atoms with Gasteiger partial charge in [0.15, 0.2) is 0 Å². The first-order valence-corrected chi connectivity index (χ1v) is 9.98. The van der Waals surface area contributed by atoms with Crippen molar-refractivity contribution in [1.82, 2.24) is 0 Å². The van der Waals surface area contributed by atoms with Crippen LogP contribution in [0.25, 0.3) is 0 Å². The van der Waals surface area contributed by atoms with Gasteiger partial charge in [-0.05, 0) is 32.1 Å². The minimum atomic E-state index is 0. The third-order valence-electron chi connectivity index (χ3n) is 4.40. The Bertz CT molecular complexity index is 305. The third kappa shape index (κ3) is 17.7. The highest BCUT2D eigenvalue weighted by Gasteiger charge is 2.18. The standard InChI is InChI=1S/C21H42NO.H2O/c1-5-6-7-8-9-10-11-12-13-14-15-16-17-18-19-20-21(23)22(2,3)4;/h12-13H,5-11,14-20H2,1-4H3;1H2/q+1;/p-1. The Kier molecular flexibility index (Phi) is 18.3. The quantitative estimate of drug-likeness (QED) is 0.206. The van der Waals surface area contributed by atoms with E-state index in [9.17, 15) is 4.79 Å². The average Bonchev–Trinajstić information content (AvgIpc) is 2.50. The molecule has 0 aromatic carbocycles. The fourth-order valence-corrected chi connectivity index (χ4v) is 2.68. The number of amides is 1. The lowest BCUT2D eigenvalue weighted by atomic mass is 10.1. The van der Waals surface area contributed by atoms with Crippen LogP contribution >= 0.6 is 0 Å². The Labute approximate surface area is 151 Å². The molecule has 144 valence electrons. The minimum absolute atomic E-state index is 0. The van der Waals surface area contributed by atoms with Crippen LogP contribution in [0.15, 0.2) is 12.2 Å². The van der Waals surface area contributed by atoms with Crippen LogP contribution in [0, 0.1) is 0 Å². The Morgan fingerprint density at radius 2 is 1.12 bits per heavy atom. The van der Waals surface area contributed by atoms with Crippen LogP contribution in [0.2, 0.25) is 0 Å². The molecular weight excluding hydrogens is 298 g/mol. The van der Waals surface area contributed by atoms with Gasteiger partial charge in [-0.1, -0.05) is 70.4 Å². The van der Waals surface area contributed by atoms with E-state index in [4.69, 9.17) is 0 Å². The minimum Gasteiger partial charge on any atom is -0.870 e. The number of hydrogen-bond acceptors (Lipinski definition) is 2. The first-order chi connectivity index (χ1) is 11.0. The molecule has 0 atom stereocenters. The molecule has 0 bridgehead atoms. The van der Waals surface area contributed by atoms with Gasteiger partial charge in [-0.15, -0.1) is 0 Å². The van der Waals surface area contributed by atoms with Crippen LogP contribution in [-0.2, 0) is 4.79 Å². The SMILES string of the molecule is CCCCCCCCC=CCCCCCCCC(=O)[N+](C)(C)C.[OH-]. The molecule has 0 unspecified atom stereocenters. The van der Waals surface area contributed by atoms with Gasteiger partial charge in [-0.2, -0.15) is 0 Å². The molecule has 1 amide bonds. The second-order valence-corrected chi connectivity index (χ2v) is 7.74. The second-order valence-electron chi connectivity index (χ2n) is 7.74. The second kappa shape index (κ2) is 17.2. The smallest absolute Gasteiger partial charge is 0.313 e. The Morgan fingerprint density at radius 3 is 1.58 bits per heavy atom. The van der Waals surface area contributed by atoms with Crippen LogP contribution < -0.4 is 0 Å². The average molecular weight is 342 g/mol. The van der Waals surface area contributed by atoms with Crippen molar-refractivity contribution in [1.29, 1.82) is 0 Å². The van der Waals surface area contributed by atoms with Gasteiger partial charge < -0.3 is 5.48 Å². The van der Waals surface area contributed by atoms with Gasteiger partial charge >= 0.3 is 5.91 Å². The summed E-state index contributed by atoms with van der Waals surface area (Å²) in [6.07, 6.45) is 22.4. The molecule has 3 nitrogen and oxygen atoms in total. The zero-order valence-electron chi connectivity index (χ0n) is 16.9. The number of quaternary nitrogens is 1. The van der Waals surface area contributed by atoms with Crippen molar-refractivity contribution in [2.75, 3.05) is 21.1 Å². The summed E-state index contributed by atoms with van der Waals surface area (Å²) >= 11 is 0. The van der Waals surface area contributed by atoms with Crippen LogP contribution in [0.5, 0.6) is 0 Å². The lowest BCUT2D eigenvalue weighted by Gasteiger charge is -2.20. The Hall–Kier alpha value is -0.670. The van der Waals surface area contributed by atoms with E-state index in [1.165, 1.54) is 77.0 Å². The van der Waals surface area contributed by atoms with Gasteiger partial charge in [-0.25, -0.2) is 4.79 Å². The maximum absolute atomic E-state index is 11.8. The molecule has 0 radical (unpaired) electrons. The molecule has 0 aromatic rings. The predicted molar refractivity (Wildman–Crippen MR) is 104 cm³/mol. The van der Waals surface area contributed by atoms with E-state index in [-0.39, 0.29) is 5.48 Å². The molecule has 0 rings (SSSR count). The summed E-state index contributed by atoms with van der Waals surface area (Å²) in [5, 5.41) is 0. The van der Waals surface area contributed by atoms with E-state index in [0.717, 1.165) is 12.8 Å². The topological polar surface area (TPSA) is 47.1 Å². The van der Waals surface area contributed by atoms with Gasteiger partial charge in [0.1, 0.15) is 0 Å². The van der Waals surface area contributed by atoms with Crippen LogP contribution in [0.3, 0.4) is 0 Å². The molecule has 0 aromatic heterocycles. The summed E-state index contributed by atoms with van der Waals surface area (Å²) in [4.78, 5) is 11.8. The number of carbonyl (C=O) groups excluding carboxylic acids is 1. The molecule has 0 fully saturated rings. The predicted octanol–water partition coefficient (Wildman–Crippen LogP) is 6.08. The highest BCUT2D eigenvalue weighted by atomic mass is 16.2. The molecule has 24 heavy (non-hydrogen) atoms. The van der Waals surface area contributed by atoms with E-state index in [1.807, 2.05) is 21.1 Å². The highest BCUT2D eigenvalue weighted by Crippen LogP contribution is 2.11. The maximum atomic E-state index is 11.8. The summed E-state index contributed by atoms with van der Waals surface area (Å²) in [6.45, 7) is 2.27. The summed E-state index contributed by atoms with van der Waals surface area (Å²) in [7, 11) is 5.87. The van der Waals surface area contributed by atoms with Crippen LogP contribution in [0.1, 0.15) is 96.8 Å². The number of nitrogens with zero attached hydrogens (tertiary/aromatic N) is 1. The molecular formula is C21H43NO2. The van der Waals surface area contributed by atoms with Crippen molar-refractivity contribution < 1.29 is 14.8 Å². The zero-order chi connectivity index (χ0) is 17.4. The van der Waals surface area contributed by atoms with Crippen molar-refractivity contribution in [3.63, 3.8) is 0 Å². The molecule has 1 N–H and O–H groups in total. The van der Waals surface area contributed by atoms with Gasteiger partial charge in [0.05, 0.1) is 27.6 Å². The number of carbonyl (C=O) groups is 1. The molecule has 0 saturated carbocycles. The van der Waals surface area contributed by atoms with E-state index < -0.39 is 0 Å². The van der Waals surface area contributed by atoms with Gasteiger partial charge in [0, 0.05) is 0 Å². The van der Waals surface area contributed by atoms with Crippen molar-refractivity contribution in [2.24, 2.45) is 0 Å². The number of hydrogen-bond donors (Lipinski definition) is 0. The monoisotopic (exact) mass is 341 g/mol. The van der Waals surface area contributed by atoms with Crippen molar-refractivity contribution in [3.05, 3.63) is 12.2 Å². The van der Waals surface area contributed by atoms with Gasteiger partial charge in [0.25, 0.3) is 0 Å². The summed E-state index contributed by atoms with van der Waals surface area (Å²) in [6, 6.07) is 0. The highest BCUT2D eigenvalue weighted by molar-refractivity contribution is 5.68. The summed E-state index contributed by atoms with van der Waals surface area (Å²) in [5.74, 6) is 0.350. The fourth-order valence-electron chi connectivity index (χ4n) is 2.68. The Balaban J connectivity index is 0. The first kappa shape index (κ1) is 25.6. The normalized spacial score (nSPS) is 11.7. The number of unbranched alkanes of at least 4 members (excludes halogenated alkanes) is 11. The molecule has 3 heteroatoms. The molecule has 0 aliphatic heterocycles. The largest absolute Gasteiger partial charge is 0.870 e. The Morgan fingerprint density at radius 1 is 0.708 bits per heavy atom. The van der Waals surface area contributed by atoms with Crippen molar-refractivity contribution >= 4 is 5.91 Å². The number of rotatable bonds is 15. The van der Waals surface area contributed by atoms with E-state index in [1.54, 1.807) is 0 Å². The summed E-state index contributed by atoms with van der Waals surface area (Å²) < 4.78 is 0.462. The van der Waals surface area contributed by atoms with E-state index in [0.29, 0.717) is 10.4 Å². The summed E-state index contributed by atoms with van der Waals surface area (Å²) in [5.41, 5.74) is 0. The molecule has 0 saturated heterocycles. The lowest BCUT2D eigenvalue weighted by molar-refractivity contribution is -0.792. The van der Waals surface area contributed by atoms with Crippen molar-refractivity contribution in [3.8, 4) is 0 Å². The maximum Gasteiger partial charge on any atom is 0.313 e. The van der Waals surface area contributed by atoms with Crippen LogP contribution in [-0.4, -0.2) is 37.0 Å². The van der Waals surface area contributed by atoms with Crippen molar-refractivity contribution in [2.45, 2.75) is 96.8 Å². The van der Waals surface area contributed by atoms with Gasteiger partial charge in [-0.3, -0.25) is 4.48 Å². The lowest BCUT2D eigenvalue weighted by Crippen LogP contribution is -2.40. The van der Waals surface area contributed by atoms with E-state index >= 15 is 0 Å². The number of allylic oxidation sites excluding steroid dienone is 2. The zero-order valence-corrected chi connectivity index (χ0v) is 16.9. The van der Waals surface area contributed by atoms with Gasteiger partial charge in [0.2, 0.25) is 0 Å². The van der Waals surface area contributed by atoms with Crippen LogP contribution in [0.4, 0.5) is 0 Å². The molecule has 0 aliphatic rings. The third-order valence-corrected chi connectivity index (χ3v) is 4.40.